The number of likely N-dealkylation sites (tertiary alicyclic amines) is 1. The Morgan fingerprint density at radius 3 is 3.09 bits per heavy atom. The van der Waals surface area contributed by atoms with Gasteiger partial charge in [-0.25, -0.2) is 4.98 Å². The lowest BCUT2D eigenvalue weighted by molar-refractivity contribution is -0.130. The average Bonchev–Trinajstić information content (AvgIpc) is 3.11. The third-order valence-electron chi connectivity index (χ3n) is 4.16. The Morgan fingerprint density at radius 1 is 1.41 bits per heavy atom. The molecule has 2 atom stereocenters. The van der Waals surface area contributed by atoms with Gasteiger partial charge in [-0.05, 0) is 19.4 Å². The molecule has 0 unspecified atom stereocenters. The first-order valence-electron chi connectivity index (χ1n) is 7.61. The SMILES string of the molecule is NCCCC(=O)N1C[C@H](Cc2cn3ccnc3cn2)[C@H](O)C1. The van der Waals surface area contributed by atoms with E-state index >= 15 is 0 Å². The number of imidazole rings is 1. The summed E-state index contributed by atoms with van der Waals surface area (Å²) >= 11 is 0. The molecule has 1 fully saturated rings. The molecule has 3 rings (SSSR count). The van der Waals surface area contributed by atoms with Crippen molar-refractivity contribution in [1.29, 1.82) is 0 Å². The highest BCUT2D eigenvalue weighted by Crippen LogP contribution is 2.21. The molecule has 1 amide bonds. The standard InChI is InChI=1S/C15H21N5O2/c16-3-1-2-15(22)20-8-11(13(21)10-20)6-12-9-19-5-4-17-14(19)7-18-12/h4-5,7,9,11,13,21H,1-3,6,8,10,16H2/t11-,13+/m0/s1. The first-order valence-corrected chi connectivity index (χ1v) is 7.61. The highest BCUT2D eigenvalue weighted by molar-refractivity contribution is 5.76. The van der Waals surface area contributed by atoms with Crippen LogP contribution in [0.3, 0.4) is 0 Å². The number of aliphatic hydroxyl groups excluding tert-OH is 1. The predicted octanol–water partition coefficient (Wildman–Crippen LogP) is -0.170. The Morgan fingerprint density at radius 2 is 2.27 bits per heavy atom. The Bertz CT molecular complexity index is 656. The summed E-state index contributed by atoms with van der Waals surface area (Å²) in [7, 11) is 0. The van der Waals surface area contributed by atoms with Crippen molar-refractivity contribution in [3.8, 4) is 0 Å². The summed E-state index contributed by atoms with van der Waals surface area (Å²) in [4.78, 5) is 22.3. The van der Waals surface area contributed by atoms with Gasteiger partial charge in [-0.3, -0.25) is 9.78 Å². The van der Waals surface area contributed by atoms with Crippen LogP contribution in [0.5, 0.6) is 0 Å². The highest BCUT2D eigenvalue weighted by Gasteiger charge is 2.33. The Hall–Kier alpha value is -1.99. The second-order valence-corrected chi connectivity index (χ2v) is 5.79. The molecular formula is C15H21N5O2. The van der Waals surface area contributed by atoms with Gasteiger partial charge < -0.3 is 20.1 Å². The number of hydrogen-bond acceptors (Lipinski definition) is 5. The molecule has 0 radical (unpaired) electrons. The minimum Gasteiger partial charge on any atom is -0.391 e. The van der Waals surface area contributed by atoms with Gasteiger partial charge in [-0.15, -0.1) is 0 Å². The molecule has 2 aromatic rings. The molecule has 0 aromatic carbocycles. The molecule has 7 nitrogen and oxygen atoms in total. The third-order valence-corrected chi connectivity index (χ3v) is 4.16. The Kier molecular flexibility index (Phi) is 4.35. The van der Waals surface area contributed by atoms with E-state index in [1.54, 1.807) is 17.3 Å². The van der Waals surface area contributed by atoms with Crippen molar-refractivity contribution in [2.24, 2.45) is 11.7 Å². The fraction of sp³-hybridized carbons (Fsp3) is 0.533. The minimum absolute atomic E-state index is 0.0234. The topological polar surface area (TPSA) is 96.8 Å². The van der Waals surface area contributed by atoms with Crippen molar-refractivity contribution in [3.05, 3.63) is 30.5 Å². The average molecular weight is 303 g/mol. The number of aromatic nitrogens is 3. The second kappa shape index (κ2) is 6.41. The van der Waals surface area contributed by atoms with Crippen molar-refractivity contribution in [2.75, 3.05) is 19.6 Å². The number of hydrogen-bond donors (Lipinski definition) is 2. The van der Waals surface area contributed by atoms with Crippen LogP contribution in [-0.2, 0) is 11.2 Å². The van der Waals surface area contributed by atoms with Gasteiger partial charge in [0.1, 0.15) is 0 Å². The third kappa shape index (κ3) is 3.10. The van der Waals surface area contributed by atoms with E-state index in [2.05, 4.69) is 9.97 Å². The number of nitrogens with zero attached hydrogens (tertiary/aromatic N) is 4. The number of fused-ring (bicyclic) bond motifs is 1. The fourth-order valence-electron chi connectivity index (χ4n) is 2.91. The number of carbonyl (C=O) groups is 1. The van der Waals surface area contributed by atoms with Gasteiger partial charge >= 0.3 is 0 Å². The number of nitrogens with two attached hydrogens (primary N) is 1. The van der Waals surface area contributed by atoms with Crippen molar-refractivity contribution < 1.29 is 9.90 Å². The van der Waals surface area contributed by atoms with Crippen LogP contribution >= 0.6 is 0 Å². The largest absolute Gasteiger partial charge is 0.391 e. The lowest BCUT2D eigenvalue weighted by atomic mass is 10.0. The fourth-order valence-corrected chi connectivity index (χ4v) is 2.91. The summed E-state index contributed by atoms with van der Waals surface area (Å²) in [5.74, 6) is 0.0975. The first kappa shape index (κ1) is 14.9. The maximum atomic E-state index is 12.0. The minimum atomic E-state index is -0.498. The van der Waals surface area contributed by atoms with Crippen LogP contribution in [0.4, 0.5) is 0 Å². The van der Waals surface area contributed by atoms with Crippen molar-refractivity contribution >= 4 is 11.6 Å². The zero-order valence-corrected chi connectivity index (χ0v) is 12.4. The zero-order chi connectivity index (χ0) is 15.5. The lowest BCUT2D eigenvalue weighted by Gasteiger charge is -2.15. The van der Waals surface area contributed by atoms with Crippen LogP contribution in [0.25, 0.3) is 5.65 Å². The molecule has 0 aliphatic carbocycles. The molecule has 2 aromatic heterocycles. The van der Waals surface area contributed by atoms with Gasteiger partial charge in [0.2, 0.25) is 5.91 Å². The van der Waals surface area contributed by atoms with Crippen LogP contribution in [0.1, 0.15) is 18.5 Å². The molecule has 1 saturated heterocycles. The normalized spacial score (nSPS) is 21.6. The van der Waals surface area contributed by atoms with Gasteiger partial charge in [-0.1, -0.05) is 0 Å². The summed E-state index contributed by atoms with van der Waals surface area (Å²) in [6.45, 7) is 1.50. The van der Waals surface area contributed by atoms with Crippen molar-refractivity contribution in [2.45, 2.75) is 25.4 Å². The summed E-state index contributed by atoms with van der Waals surface area (Å²) in [5, 5.41) is 10.2. The molecule has 1 aliphatic heterocycles. The Labute approximate surface area is 128 Å². The van der Waals surface area contributed by atoms with Crippen molar-refractivity contribution in [3.63, 3.8) is 0 Å². The molecule has 22 heavy (non-hydrogen) atoms. The monoisotopic (exact) mass is 303 g/mol. The maximum absolute atomic E-state index is 12.0. The first-order chi connectivity index (χ1) is 10.7. The lowest BCUT2D eigenvalue weighted by Crippen LogP contribution is -2.29. The van der Waals surface area contributed by atoms with Crippen LogP contribution < -0.4 is 5.73 Å². The maximum Gasteiger partial charge on any atom is 0.222 e. The summed E-state index contributed by atoms with van der Waals surface area (Å²) in [5.41, 5.74) is 7.13. The van der Waals surface area contributed by atoms with Crippen LogP contribution in [0.15, 0.2) is 24.8 Å². The molecule has 3 heterocycles. The predicted molar refractivity (Wildman–Crippen MR) is 81.1 cm³/mol. The molecule has 0 spiro atoms. The molecule has 1 aliphatic rings. The van der Waals surface area contributed by atoms with E-state index in [0.717, 1.165) is 11.3 Å². The quantitative estimate of drug-likeness (QED) is 0.799. The van der Waals surface area contributed by atoms with Crippen molar-refractivity contribution in [1.82, 2.24) is 19.3 Å². The summed E-state index contributed by atoms with van der Waals surface area (Å²) in [6.07, 6.45) is 8.54. The van der Waals surface area contributed by atoms with Gasteiger partial charge in [-0.2, -0.15) is 0 Å². The smallest absolute Gasteiger partial charge is 0.222 e. The van der Waals surface area contributed by atoms with E-state index < -0.39 is 6.10 Å². The van der Waals surface area contributed by atoms with E-state index in [4.69, 9.17) is 5.73 Å². The number of rotatable bonds is 5. The zero-order valence-electron chi connectivity index (χ0n) is 12.4. The number of carbonyl (C=O) groups excluding carboxylic acids is 1. The second-order valence-electron chi connectivity index (χ2n) is 5.79. The number of β-amino-alcohol motifs (C(OH)–C–C–N with tert-alkyl or cyclic N) is 1. The molecule has 3 N–H and O–H groups in total. The molecule has 0 bridgehead atoms. The summed E-state index contributed by atoms with van der Waals surface area (Å²) in [6, 6.07) is 0. The molecule has 7 heteroatoms. The molecule has 118 valence electrons. The van der Waals surface area contributed by atoms with E-state index in [0.29, 0.717) is 38.9 Å². The van der Waals surface area contributed by atoms with E-state index in [1.165, 1.54) is 0 Å². The highest BCUT2D eigenvalue weighted by atomic mass is 16.3. The van der Waals surface area contributed by atoms with Crippen LogP contribution in [0.2, 0.25) is 0 Å². The Balaban J connectivity index is 1.63. The van der Waals surface area contributed by atoms with Gasteiger partial charge in [0.15, 0.2) is 5.65 Å². The molecular weight excluding hydrogens is 282 g/mol. The number of aliphatic hydroxyl groups is 1. The van der Waals surface area contributed by atoms with Gasteiger partial charge in [0, 0.05) is 44.0 Å². The molecule has 0 saturated carbocycles. The van der Waals surface area contributed by atoms with Gasteiger partial charge in [0.25, 0.3) is 0 Å². The van der Waals surface area contributed by atoms with Crippen LogP contribution in [-0.4, -0.2) is 56.0 Å². The summed E-state index contributed by atoms with van der Waals surface area (Å²) < 4.78 is 1.91. The van der Waals surface area contributed by atoms with E-state index in [9.17, 15) is 9.90 Å². The van der Waals surface area contributed by atoms with E-state index in [1.807, 2.05) is 16.8 Å². The van der Waals surface area contributed by atoms with Gasteiger partial charge in [0.05, 0.1) is 18.0 Å². The van der Waals surface area contributed by atoms with E-state index in [-0.39, 0.29) is 11.8 Å². The van der Waals surface area contributed by atoms with Crippen LogP contribution in [0, 0.1) is 5.92 Å². The number of amides is 1.